The Kier molecular flexibility index (Phi) is 3.23. The van der Waals surface area contributed by atoms with Gasteiger partial charge in [-0.3, -0.25) is 4.79 Å². The van der Waals surface area contributed by atoms with E-state index in [0.29, 0.717) is 24.9 Å². The van der Waals surface area contributed by atoms with E-state index in [1.165, 1.54) is 0 Å². The van der Waals surface area contributed by atoms with Gasteiger partial charge < -0.3 is 10.2 Å². The van der Waals surface area contributed by atoms with E-state index in [1.807, 2.05) is 4.90 Å². The van der Waals surface area contributed by atoms with E-state index >= 15 is 0 Å². The zero-order valence-electron chi connectivity index (χ0n) is 10.4. The van der Waals surface area contributed by atoms with Crippen molar-refractivity contribution >= 4 is 5.91 Å². The van der Waals surface area contributed by atoms with E-state index in [9.17, 15) is 4.79 Å². The minimum atomic E-state index is 0.255. The highest BCUT2D eigenvalue weighted by molar-refractivity contribution is 5.77. The van der Waals surface area contributed by atoms with E-state index in [4.69, 9.17) is 0 Å². The highest BCUT2D eigenvalue weighted by Crippen LogP contribution is 2.29. The molecule has 2 aliphatic heterocycles. The maximum absolute atomic E-state index is 12.1. The molecule has 1 amide bonds. The second kappa shape index (κ2) is 5.02. The number of carbonyl (C=O) groups is 1. The number of amides is 1. The summed E-state index contributed by atoms with van der Waals surface area (Å²) in [6, 6.07) is 2.17. The van der Waals surface area contributed by atoms with Crippen molar-refractivity contribution in [3.63, 3.8) is 0 Å². The summed E-state index contributed by atoms with van der Waals surface area (Å²) in [5, 5.41) is 3.41. The van der Waals surface area contributed by atoms with E-state index in [-0.39, 0.29) is 5.91 Å². The Hall–Kier alpha value is -1.49. The van der Waals surface area contributed by atoms with Gasteiger partial charge in [0.1, 0.15) is 5.82 Å². The van der Waals surface area contributed by atoms with Crippen LogP contribution in [0.3, 0.4) is 0 Å². The highest BCUT2D eigenvalue weighted by atomic mass is 16.2. The third-order valence-corrected chi connectivity index (χ3v) is 3.95. The predicted octanol–water partition coefficient (Wildman–Crippen LogP) is 0.577. The van der Waals surface area contributed by atoms with Crippen LogP contribution in [0.4, 0.5) is 0 Å². The van der Waals surface area contributed by atoms with E-state index in [1.54, 1.807) is 18.5 Å². The lowest BCUT2D eigenvalue weighted by atomic mass is 9.84. The fraction of sp³-hybridized carbons (Fsp3) is 0.615. The van der Waals surface area contributed by atoms with Gasteiger partial charge in [-0.25, -0.2) is 9.97 Å². The van der Waals surface area contributed by atoms with Gasteiger partial charge in [0.15, 0.2) is 0 Å². The minimum Gasteiger partial charge on any atom is -0.332 e. The first kappa shape index (κ1) is 11.6. The number of rotatable bonds is 2. The number of nitrogens with one attached hydrogen (secondary N) is 1. The van der Waals surface area contributed by atoms with Crippen LogP contribution in [-0.2, 0) is 11.3 Å². The molecule has 3 rings (SSSR count). The third-order valence-electron chi connectivity index (χ3n) is 3.95. The van der Waals surface area contributed by atoms with Gasteiger partial charge in [-0.1, -0.05) is 0 Å². The maximum Gasteiger partial charge on any atom is 0.223 e. The van der Waals surface area contributed by atoms with Gasteiger partial charge in [-0.05, 0) is 37.9 Å². The Morgan fingerprint density at radius 3 is 3.00 bits per heavy atom. The van der Waals surface area contributed by atoms with Crippen molar-refractivity contribution in [1.82, 2.24) is 20.2 Å². The highest BCUT2D eigenvalue weighted by Gasteiger charge is 2.37. The summed E-state index contributed by atoms with van der Waals surface area (Å²) < 4.78 is 0. The third kappa shape index (κ3) is 2.22. The van der Waals surface area contributed by atoms with Crippen LogP contribution in [0.1, 0.15) is 25.1 Å². The molecule has 0 bridgehead atoms. The van der Waals surface area contributed by atoms with Crippen LogP contribution in [-0.4, -0.2) is 39.9 Å². The number of hydrogen-bond donors (Lipinski definition) is 1. The summed E-state index contributed by atoms with van der Waals surface area (Å²) >= 11 is 0. The molecule has 5 heteroatoms. The van der Waals surface area contributed by atoms with Gasteiger partial charge in [0.05, 0.1) is 6.54 Å². The van der Waals surface area contributed by atoms with E-state index in [0.717, 1.165) is 31.8 Å². The fourth-order valence-electron chi connectivity index (χ4n) is 3.02. The molecule has 2 saturated heterocycles. The van der Waals surface area contributed by atoms with Crippen molar-refractivity contribution in [2.45, 2.75) is 31.8 Å². The second-order valence-electron chi connectivity index (χ2n) is 5.05. The first-order chi connectivity index (χ1) is 8.84. The zero-order chi connectivity index (χ0) is 12.4. The van der Waals surface area contributed by atoms with Crippen molar-refractivity contribution in [3.8, 4) is 0 Å². The normalized spacial score (nSPS) is 28.0. The molecule has 2 fully saturated rings. The molecule has 0 radical (unpaired) electrons. The molecule has 2 unspecified atom stereocenters. The predicted molar refractivity (Wildman–Crippen MR) is 66.6 cm³/mol. The number of piperidine rings is 2. The number of nitrogens with zero attached hydrogens (tertiary/aromatic N) is 3. The van der Waals surface area contributed by atoms with Crippen LogP contribution in [0.5, 0.6) is 0 Å². The lowest BCUT2D eigenvalue weighted by molar-refractivity contribution is -0.140. The van der Waals surface area contributed by atoms with Crippen LogP contribution in [0.25, 0.3) is 0 Å². The molecular formula is C13H18N4O. The molecule has 5 nitrogen and oxygen atoms in total. The molecule has 96 valence electrons. The van der Waals surface area contributed by atoms with Crippen molar-refractivity contribution in [1.29, 1.82) is 0 Å². The molecule has 3 heterocycles. The van der Waals surface area contributed by atoms with Crippen LogP contribution in [0, 0.1) is 5.92 Å². The van der Waals surface area contributed by atoms with Gasteiger partial charge in [-0.2, -0.15) is 0 Å². The van der Waals surface area contributed by atoms with Crippen molar-refractivity contribution in [3.05, 3.63) is 24.3 Å². The molecule has 2 aliphatic rings. The summed E-state index contributed by atoms with van der Waals surface area (Å²) in [7, 11) is 0. The molecule has 0 aromatic carbocycles. The van der Waals surface area contributed by atoms with Crippen LogP contribution >= 0.6 is 0 Å². The number of likely N-dealkylation sites (tertiary alicyclic amines) is 1. The number of fused-ring (bicyclic) bond motifs is 1. The first-order valence-electron chi connectivity index (χ1n) is 6.60. The Morgan fingerprint density at radius 1 is 1.33 bits per heavy atom. The van der Waals surface area contributed by atoms with Crippen molar-refractivity contribution < 1.29 is 4.79 Å². The van der Waals surface area contributed by atoms with Gasteiger partial charge in [0.25, 0.3) is 0 Å². The summed E-state index contributed by atoms with van der Waals surface area (Å²) in [5.41, 5.74) is 0. The molecule has 0 aliphatic carbocycles. The van der Waals surface area contributed by atoms with E-state index < -0.39 is 0 Å². The first-order valence-corrected chi connectivity index (χ1v) is 6.60. The van der Waals surface area contributed by atoms with Gasteiger partial charge in [-0.15, -0.1) is 0 Å². The van der Waals surface area contributed by atoms with E-state index in [2.05, 4.69) is 15.3 Å². The summed E-state index contributed by atoms with van der Waals surface area (Å²) in [4.78, 5) is 22.5. The quantitative estimate of drug-likeness (QED) is 0.829. The van der Waals surface area contributed by atoms with Gasteiger partial charge in [0, 0.05) is 24.9 Å². The molecule has 0 spiro atoms. The Morgan fingerprint density at radius 2 is 2.17 bits per heavy atom. The number of aromatic nitrogens is 2. The molecule has 1 aromatic rings. The van der Waals surface area contributed by atoms with Crippen molar-refractivity contribution in [2.24, 2.45) is 5.92 Å². The van der Waals surface area contributed by atoms with Gasteiger partial charge >= 0.3 is 0 Å². The average molecular weight is 246 g/mol. The summed E-state index contributed by atoms with van der Waals surface area (Å²) in [6.45, 7) is 2.59. The lowest BCUT2D eigenvalue weighted by Crippen LogP contribution is -2.54. The Balaban J connectivity index is 1.77. The average Bonchev–Trinajstić information content (AvgIpc) is 2.43. The molecule has 18 heavy (non-hydrogen) atoms. The second-order valence-corrected chi connectivity index (χ2v) is 5.05. The molecular weight excluding hydrogens is 228 g/mol. The topological polar surface area (TPSA) is 58.1 Å². The van der Waals surface area contributed by atoms with Crippen LogP contribution < -0.4 is 5.32 Å². The van der Waals surface area contributed by atoms with Gasteiger partial charge in [0.2, 0.25) is 5.91 Å². The SMILES string of the molecule is O=C1CCC2CNCCC2N1Cc1ncccn1. The summed E-state index contributed by atoms with van der Waals surface area (Å²) in [5.74, 6) is 1.59. The number of carbonyl (C=O) groups excluding carboxylic acids is 1. The monoisotopic (exact) mass is 246 g/mol. The maximum atomic E-state index is 12.1. The zero-order valence-corrected chi connectivity index (χ0v) is 10.4. The largest absolute Gasteiger partial charge is 0.332 e. The minimum absolute atomic E-state index is 0.255. The molecule has 1 N–H and O–H groups in total. The smallest absolute Gasteiger partial charge is 0.223 e. The molecule has 1 aromatic heterocycles. The fourth-order valence-corrected chi connectivity index (χ4v) is 3.02. The Labute approximate surface area is 107 Å². The molecule has 0 saturated carbocycles. The Bertz CT molecular complexity index is 422. The summed E-state index contributed by atoms with van der Waals surface area (Å²) in [6.07, 6.45) is 6.19. The standard InChI is InChI=1S/C13H18N4O/c18-13-3-2-10-8-14-7-4-11(10)17(13)9-12-15-5-1-6-16-12/h1,5-6,10-11,14H,2-4,7-9H2. The van der Waals surface area contributed by atoms with Crippen molar-refractivity contribution in [2.75, 3.05) is 13.1 Å². The lowest BCUT2D eigenvalue weighted by Gasteiger charge is -2.43. The molecule has 2 atom stereocenters. The number of hydrogen-bond acceptors (Lipinski definition) is 4. The van der Waals surface area contributed by atoms with Crippen LogP contribution in [0.15, 0.2) is 18.5 Å². The van der Waals surface area contributed by atoms with Crippen LogP contribution in [0.2, 0.25) is 0 Å².